The molecule has 0 saturated heterocycles. The molecular weight excluding hydrogens is 402 g/mol. The van der Waals surface area contributed by atoms with Crippen LogP contribution in [-0.2, 0) is 0 Å². The Bertz CT molecular complexity index is 795. The third kappa shape index (κ3) is 4.88. The number of carbonyl (C=O) groups is 1. The second-order valence-corrected chi connectivity index (χ2v) is 8.53. The van der Waals surface area contributed by atoms with E-state index in [4.69, 9.17) is 0 Å². The molecule has 0 unspecified atom stereocenters. The molecule has 146 valence electrons. The van der Waals surface area contributed by atoms with Crippen LogP contribution in [0.25, 0.3) is 10.9 Å². The van der Waals surface area contributed by atoms with Crippen molar-refractivity contribution in [1.82, 2.24) is 9.88 Å². The monoisotopic (exact) mass is 431 g/mol. The van der Waals surface area contributed by atoms with Crippen LogP contribution in [0.2, 0.25) is 0 Å². The van der Waals surface area contributed by atoms with E-state index in [9.17, 15) is 4.79 Å². The highest BCUT2D eigenvalue weighted by atomic mass is 79.9. The highest BCUT2D eigenvalue weighted by Crippen LogP contribution is 2.33. The lowest BCUT2D eigenvalue weighted by Gasteiger charge is -2.33. The molecule has 0 atom stereocenters. The number of nitrogens with one attached hydrogen (secondary N) is 1. The lowest BCUT2D eigenvalue weighted by Crippen LogP contribution is -2.34. The highest BCUT2D eigenvalue weighted by Gasteiger charge is 2.24. The molecule has 1 aliphatic carbocycles. The normalized spacial score (nSPS) is 20.2. The molecule has 1 N–H and O–H groups in total. The molecule has 0 aliphatic heterocycles. The van der Waals surface area contributed by atoms with Crippen LogP contribution in [0.1, 0.15) is 56.8 Å². The first-order valence-corrected chi connectivity index (χ1v) is 10.9. The smallest absolute Gasteiger partial charge is 0.163 e. The molecule has 1 fully saturated rings. The molecule has 2 aromatic rings. The number of fused-ring (bicyclic) bond motifs is 1. The average Bonchev–Trinajstić information content (AvgIpc) is 2.67. The minimum absolute atomic E-state index is 0.0575. The first-order valence-electron chi connectivity index (χ1n) is 10.1. The number of benzene rings is 1. The molecule has 1 saturated carbocycles. The summed E-state index contributed by atoms with van der Waals surface area (Å²) in [7, 11) is 0. The standard InChI is InChI=1S/C22H30BrN3O/c1-4-26(5-2)14-16-6-9-18(10-7-16)25-22-19-12-17(23)8-11-21(19)24-13-20(22)15(3)27/h8,11-13,16,18H,4-7,9-10,14H2,1-3H3,(H,24,25)/t16-,18-. The van der Waals surface area contributed by atoms with Gasteiger partial charge in [-0.15, -0.1) is 0 Å². The molecule has 1 aromatic heterocycles. The summed E-state index contributed by atoms with van der Waals surface area (Å²) >= 11 is 3.55. The fourth-order valence-electron chi connectivity index (χ4n) is 4.13. The van der Waals surface area contributed by atoms with Crippen molar-refractivity contribution in [2.45, 2.75) is 52.5 Å². The van der Waals surface area contributed by atoms with Crippen LogP contribution >= 0.6 is 15.9 Å². The van der Waals surface area contributed by atoms with Crippen LogP contribution in [0.4, 0.5) is 5.69 Å². The predicted octanol–water partition coefficient (Wildman–Crippen LogP) is 5.51. The summed E-state index contributed by atoms with van der Waals surface area (Å²) < 4.78 is 1.00. The number of halogens is 1. The highest BCUT2D eigenvalue weighted by molar-refractivity contribution is 9.10. The van der Waals surface area contributed by atoms with Crippen LogP contribution < -0.4 is 5.32 Å². The fraction of sp³-hybridized carbons (Fsp3) is 0.545. The quantitative estimate of drug-likeness (QED) is 0.586. The van der Waals surface area contributed by atoms with Crippen molar-refractivity contribution >= 4 is 38.3 Å². The van der Waals surface area contributed by atoms with Gasteiger partial charge in [0.1, 0.15) is 0 Å². The Balaban J connectivity index is 1.76. The molecule has 0 spiro atoms. The zero-order chi connectivity index (χ0) is 19.4. The Kier molecular flexibility index (Phi) is 6.88. The third-order valence-corrected chi connectivity index (χ3v) is 6.31. The van der Waals surface area contributed by atoms with Crippen molar-refractivity contribution in [2.75, 3.05) is 25.0 Å². The number of rotatable bonds is 7. The lowest BCUT2D eigenvalue weighted by atomic mass is 9.85. The molecule has 1 heterocycles. The minimum Gasteiger partial charge on any atom is -0.381 e. The molecule has 4 nitrogen and oxygen atoms in total. The molecular formula is C22H30BrN3O. The van der Waals surface area contributed by atoms with Gasteiger partial charge in [-0.3, -0.25) is 9.78 Å². The van der Waals surface area contributed by atoms with E-state index in [0.29, 0.717) is 11.6 Å². The summed E-state index contributed by atoms with van der Waals surface area (Å²) in [4.78, 5) is 19.2. The number of anilines is 1. The Morgan fingerprint density at radius 1 is 1.22 bits per heavy atom. The van der Waals surface area contributed by atoms with Gasteiger partial charge in [0, 0.05) is 28.6 Å². The summed E-state index contributed by atoms with van der Waals surface area (Å²) in [5.41, 5.74) is 2.55. The molecule has 3 rings (SSSR count). The SMILES string of the molecule is CCN(CC)C[C@H]1CC[C@H](Nc2c(C(C)=O)cnc3ccc(Br)cc23)CC1. The van der Waals surface area contributed by atoms with Crippen LogP contribution in [0.3, 0.4) is 0 Å². The molecule has 0 radical (unpaired) electrons. The van der Waals surface area contributed by atoms with Gasteiger partial charge in [0.2, 0.25) is 0 Å². The van der Waals surface area contributed by atoms with Crippen LogP contribution in [0, 0.1) is 5.92 Å². The number of hydrogen-bond acceptors (Lipinski definition) is 4. The largest absolute Gasteiger partial charge is 0.381 e. The van der Waals surface area contributed by atoms with E-state index in [1.165, 1.54) is 19.4 Å². The van der Waals surface area contributed by atoms with Crippen LogP contribution in [0.15, 0.2) is 28.9 Å². The maximum atomic E-state index is 12.2. The second-order valence-electron chi connectivity index (χ2n) is 7.61. The van der Waals surface area contributed by atoms with Gasteiger partial charge in [-0.05, 0) is 69.8 Å². The van der Waals surface area contributed by atoms with E-state index in [2.05, 4.69) is 51.0 Å². The maximum Gasteiger partial charge on any atom is 0.163 e. The van der Waals surface area contributed by atoms with Crippen molar-refractivity contribution in [3.8, 4) is 0 Å². The van der Waals surface area contributed by atoms with Gasteiger partial charge in [-0.2, -0.15) is 0 Å². The lowest BCUT2D eigenvalue weighted by molar-refractivity contribution is 0.101. The average molecular weight is 432 g/mol. The second kappa shape index (κ2) is 9.16. The van der Waals surface area contributed by atoms with Gasteiger partial charge in [0.15, 0.2) is 5.78 Å². The number of pyridine rings is 1. The summed E-state index contributed by atoms with van der Waals surface area (Å²) in [5, 5.41) is 4.72. The summed E-state index contributed by atoms with van der Waals surface area (Å²) in [5.74, 6) is 0.848. The fourth-order valence-corrected chi connectivity index (χ4v) is 4.49. The van der Waals surface area contributed by atoms with E-state index >= 15 is 0 Å². The molecule has 27 heavy (non-hydrogen) atoms. The number of nitrogens with zero attached hydrogens (tertiary/aromatic N) is 2. The van der Waals surface area contributed by atoms with Crippen LogP contribution in [-0.4, -0.2) is 41.3 Å². The Labute approximate surface area is 170 Å². The zero-order valence-corrected chi connectivity index (χ0v) is 18.2. The van der Waals surface area contributed by atoms with E-state index in [1.54, 1.807) is 13.1 Å². The van der Waals surface area contributed by atoms with E-state index in [0.717, 1.165) is 52.9 Å². The number of hydrogen-bond donors (Lipinski definition) is 1. The first-order chi connectivity index (χ1) is 13.0. The van der Waals surface area contributed by atoms with E-state index < -0.39 is 0 Å². The van der Waals surface area contributed by atoms with Gasteiger partial charge < -0.3 is 10.2 Å². The van der Waals surface area contributed by atoms with E-state index in [-0.39, 0.29) is 5.78 Å². The van der Waals surface area contributed by atoms with E-state index in [1.807, 2.05) is 12.1 Å². The number of carbonyl (C=O) groups excluding carboxylic acids is 1. The first kappa shape index (κ1) is 20.3. The van der Waals surface area contributed by atoms with Crippen molar-refractivity contribution in [1.29, 1.82) is 0 Å². The van der Waals surface area contributed by atoms with Crippen molar-refractivity contribution < 1.29 is 4.79 Å². The summed E-state index contributed by atoms with van der Waals surface area (Å²) in [6.45, 7) is 9.58. The number of aromatic nitrogens is 1. The van der Waals surface area contributed by atoms with Gasteiger partial charge >= 0.3 is 0 Å². The topological polar surface area (TPSA) is 45.2 Å². The molecule has 1 aliphatic rings. The summed E-state index contributed by atoms with van der Waals surface area (Å²) in [6, 6.07) is 6.46. The number of ketones is 1. The van der Waals surface area contributed by atoms with Gasteiger partial charge in [0.05, 0.1) is 16.8 Å². The molecule has 1 aromatic carbocycles. The Morgan fingerprint density at radius 3 is 2.56 bits per heavy atom. The Hall–Kier alpha value is -1.46. The number of Topliss-reactive ketones (excluding diaryl/α,β-unsaturated/α-hetero) is 1. The zero-order valence-electron chi connectivity index (χ0n) is 16.6. The van der Waals surface area contributed by atoms with Gasteiger partial charge in [0.25, 0.3) is 0 Å². The minimum atomic E-state index is 0.0575. The van der Waals surface area contributed by atoms with Crippen molar-refractivity contribution in [2.24, 2.45) is 5.92 Å². The van der Waals surface area contributed by atoms with Crippen LogP contribution in [0.5, 0.6) is 0 Å². The molecule has 0 bridgehead atoms. The third-order valence-electron chi connectivity index (χ3n) is 5.82. The molecule has 0 amide bonds. The van der Waals surface area contributed by atoms with Gasteiger partial charge in [-0.1, -0.05) is 29.8 Å². The maximum absolute atomic E-state index is 12.2. The summed E-state index contributed by atoms with van der Waals surface area (Å²) in [6.07, 6.45) is 6.52. The molecule has 5 heteroatoms. The predicted molar refractivity (Wildman–Crippen MR) is 117 cm³/mol. The van der Waals surface area contributed by atoms with Crippen molar-refractivity contribution in [3.63, 3.8) is 0 Å². The Morgan fingerprint density at radius 2 is 1.93 bits per heavy atom. The van der Waals surface area contributed by atoms with Crippen molar-refractivity contribution in [3.05, 3.63) is 34.4 Å². The van der Waals surface area contributed by atoms with Gasteiger partial charge in [-0.25, -0.2) is 0 Å².